The van der Waals surface area contributed by atoms with E-state index in [9.17, 15) is 19.2 Å². The van der Waals surface area contributed by atoms with E-state index in [0.717, 1.165) is 15.3 Å². The fourth-order valence-electron chi connectivity index (χ4n) is 4.49. The van der Waals surface area contributed by atoms with Crippen LogP contribution in [0.5, 0.6) is 0 Å². The molecule has 2 aromatic carbocycles. The molecule has 0 bridgehead atoms. The van der Waals surface area contributed by atoms with Crippen LogP contribution in [0.3, 0.4) is 0 Å². The Balaban J connectivity index is 1.43. The lowest BCUT2D eigenvalue weighted by Crippen LogP contribution is -2.71. The van der Waals surface area contributed by atoms with Gasteiger partial charge in [0.15, 0.2) is 6.10 Å². The quantitative estimate of drug-likeness (QED) is 0.0586. The number of rotatable bonds is 12. The average Bonchev–Trinajstić information content (AvgIpc) is 3.57. The van der Waals surface area contributed by atoms with Crippen molar-refractivity contribution in [3.8, 4) is 0 Å². The Labute approximate surface area is 264 Å². The molecular formula is C28H24ClN5O6S3. The summed E-state index contributed by atoms with van der Waals surface area (Å²) in [6.07, 6.45) is 0.908. The molecule has 0 aliphatic carbocycles. The number of benzene rings is 2. The van der Waals surface area contributed by atoms with Crippen molar-refractivity contribution >= 4 is 75.9 Å². The van der Waals surface area contributed by atoms with Gasteiger partial charge in [-0.05, 0) is 28.2 Å². The van der Waals surface area contributed by atoms with Crippen LogP contribution in [0, 0.1) is 0 Å². The molecule has 2 aliphatic heterocycles. The summed E-state index contributed by atoms with van der Waals surface area (Å²) >= 11 is 9.67. The number of halogens is 1. The van der Waals surface area contributed by atoms with Crippen LogP contribution < -0.4 is 5.32 Å². The van der Waals surface area contributed by atoms with Gasteiger partial charge in [0.2, 0.25) is 11.5 Å². The van der Waals surface area contributed by atoms with Crippen LogP contribution >= 0.6 is 46.7 Å². The van der Waals surface area contributed by atoms with Crippen molar-refractivity contribution in [2.45, 2.75) is 21.7 Å². The Morgan fingerprint density at radius 2 is 1.81 bits per heavy atom. The SMILES string of the molecule is CO/N=C(/C(=O)CCl)C(=O)N[C@@H]1C(=O)N2C(C(=O)OC(c3ccccc3)c3ccccc3)=C(CSc3cnns3)CS[C@H]12. The molecule has 2 atom stereocenters. The minimum Gasteiger partial charge on any atom is -0.448 e. The van der Waals surface area contributed by atoms with Crippen LogP contribution in [0.1, 0.15) is 17.2 Å². The normalized spacial score (nSPS) is 18.2. The molecule has 0 radical (unpaired) electrons. The molecule has 3 aromatic rings. The summed E-state index contributed by atoms with van der Waals surface area (Å²) in [5, 5.41) is 9.27. The number of ether oxygens (including phenoxy) is 1. The number of thioether (sulfide) groups is 2. The number of amides is 2. The van der Waals surface area contributed by atoms with E-state index in [-0.39, 0.29) is 5.70 Å². The van der Waals surface area contributed by atoms with Crippen molar-refractivity contribution in [3.63, 3.8) is 0 Å². The van der Waals surface area contributed by atoms with Gasteiger partial charge in [-0.1, -0.05) is 70.3 Å². The van der Waals surface area contributed by atoms with Crippen LogP contribution in [0.2, 0.25) is 0 Å². The zero-order chi connectivity index (χ0) is 30.3. The molecule has 0 unspecified atom stereocenters. The minimum absolute atomic E-state index is 0.128. The first-order valence-electron chi connectivity index (χ1n) is 12.8. The van der Waals surface area contributed by atoms with Crippen LogP contribution in [0.25, 0.3) is 0 Å². The molecule has 43 heavy (non-hydrogen) atoms. The highest BCUT2D eigenvalue weighted by molar-refractivity contribution is 8.01. The van der Waals surface area contributed by atoms with Gasteiger partial charge in [-0.3, -0.25) is 19.3 Å². The molecule has 3 heterocycles. The van der Waals surface area contributed by atoms with E-state index in [4.69, 9.17) is 16.3 Å². The van der Waals surface area contributed by atoms with E-state index in [2.05, 4.69) is 24.9 Å². The molecule has 1 aromatic heterocycles. The largest absolute Gasteiger partial charge is 0.448 e. The van der Waals surface area contributed by atoms with Gasteiger partial charge in [0.05, 0.1) is 12.1 Å². The standard InChI is InChI=1S/C28H24ClN5O6S3/c1-39-32-21(19(35)12-29)25(36)31-22-26(37)34-23(18(15-42-27(22)34)14-41-20-13-30-33-43-20)28(38)40-24(16-8-4-2-5-9-16)17-10-6-3-7-11-17/h2-11,13,22,24,27H,12,14-15H2,1H3,(H,31,36)/b32-21-/t22-,27-/m1/s1. The molecule has 1 saturated heterocycles. The highest BCUT2D eigenvalue weighted by Crippen LogP contribution is 2.43. The smallest absolute Gasteiger partial charge is 0.356 e. The first-order valence-corrected chi connectivity index (χ1v) is 16.2. The maximum atomic E-state index is 14.0. The number of aromatic nitrogens is 2. The highest BCUT2D eigenvalue weighted by atomic mass is 35.5. The van der Waals surface area contributed by atoms with Gasteiger partial charge in [0.1, 0.15) is 28.4 Å². The van der Waals surface area contributed by atoms with Gasteiger partial charge in [0, 0.05) is 11.5 Å². The number of nitrogens with one attached hydrogen (secondary N) is 1. The number of hydrogen-bond donors (Lipinski definition) is 1. The van der Waals surface area contributed by atoms with E-state index >= 15 is 0 Å². The van der Waals surface area contributed by atoms with Crippen LogP contribution in [0.15, 0.2) is 87.5 Å². The first-order chi connectivity index (χ1) is 20.9. The Kier molecular flexibility index (Phi) is 10.1. The molecule has 222 valence electrons. The second kappa shape index (κ2) is 14.2. The Morgan fingerprint density at radius 1 is 1.14 bits per heavy atom. The molecule has 11 nitrogen and oxygen atoms in total. The summed E-state index contributed by atoms with van der Waals surface area (Å²) < 4.78 is 10.9. The van der Waals surface area contributed by atoms with E-state index in [1.165, 1.54) is 47.1 Å². The summed E-state index contributed by atoms with van der Waals surface area (Å²) in [4.78, 5) is 58.4. The van der Waals surface area contributed by atoms with Gasteiger partial charge < -0.3 is 14.9 Å². The van der Waals surface area contributed by atoms with E-state index in [1.54, 1.807) is 6.20 Å². The van der Waals surface area contributed by atoms with Crippen molar-refractivity contribution in [2.75, 3.05) is 24.5 Å². The summed E-state index contributed by atoms with van der Waals surface area (Å²) in [6, 6.07) is 17.7. The van der Waals surface area contributed by atoms with Crippen molar-refractivity contribution in [1.82, 2.24) is 19.8 Å². The number of ketones is 1. The number of esters is 1. The van der Waals surface area contributed by atoms with Gasteiger partial charge in [-0.25, -0.2) is 4.79 Å². The van der Waals surface area contributed by atoms with Crippen LogP contribution in [0.4, 0.5) is 0 Å². The second-order valence-corrected chi connectivity index (χ2v) is 12.6. The van der Waals surface area contributed by atoms with Gasteiger partial charge in [-0.2, -0.15) is 0 Å². The summed E-state index contributed by atoms with van der Waals surface area (Å²) in [6.45, 7) is 0. The molecule has 1 N–H and O–H groups in total. The highest BCUT2D eigenvalue weighted by Gasteiger charge is 2.55. The van der Waals surface area contributed by atoms with Crippen molar-refractivity contribution in [2.24, 2.45) is 5.16 Å². The minimum atomic E-state index is -1.01. The maximum absolute atomic E-state index is 14.0. The number of β-lactam (4-membered cyclic amide) rings is 1. The number of fused-ring (bicyclic) bond motifs is 1. The van der Waals surface area contributed by atoms with E-state index in [0.29, 0.717) is 17.1 Å². The zero-order valence-electron chi connectivity index (χ0n) is 22.5. The molecule has 2 amide bonds. The van der Waals surface area contributed by atoms with Crippen LogP contribution in [-0.4, -0.2) is 79.7 Å². The summed E-state index contributed by atoms with van der Waals surface area (Å²) in [7, 11) is 1.19. The first kappa shape index (κ1) is 30.7. The lowest BCUT2D eigenvalue weighted by atomic mass is 10.0. The summed E-state index contributed by atoms with van der Waals surface area (Å²) in [5.41, 5.74) is 1.81. The molecule has 0 spiro atoms. The third-order valence-corrected chi connectivity index (χ3v) is 9.97. The molecule has 1 fully saturated rings. The van der Waals surface area contributed by atoms with Crippen LogP contribution in [-0.2, 0) is 28.8 Å². The Morgan fingerprint density at radius 3 is 2.40 bits per heavy atom. The van der Waals surface area contributed by atoms with Gasteiger partial charge in [-0.15, -0.1) is 40.2 Å². The zero-order valence-corrected chi connectivity index (χ0v) is 25.8. The van der Waals surface area contributed by atoms with Gasteiger partial charge in [0.25, 0.3) is 11.8 Å². The number of nitrogens with zero attached hydrogens (tertiary/aromatic N) is 4. The van der Waals surface area contributed by atoms with E-state index in [1.807, 2.05) is 60.7 Å². The molecule has 2 aliphatic rings. The summed E-state index contributed by atoms with van der Waals surface area (Å²) in [5.74, 6) is -2.54. The fraction of sp³-hybridized carbons (Fsp3) is 0.250. The third kappa shape index (κ3) is 6.77. The second-order valence-electron chi connectivity index (χ2n) is 9.12. The fourth-order valence-corrected chi connectivity index (χ4v) is 7.53. The lowest BCUT2D eigenvalue weighted by molar-refractivity contribution is -0.154. The number of alkyl halides is 1. The predicted molar refractivity (Wildman–Crippen MR) is 164 cm³/mol. The number of carbonyl (C=O) groups is 4. The maximum Gasteiger partial charge on any atom is 0.356 e. The number of oxime groups is 1. The van der Waals surface area contributed by atoms with E-state index < -0.39 is 52.7 Å². The van der Waals surface area contributed by atoms with Gasteiger partial charge >= 0.3 is 5.97 Å². The molecular weight excluding hydrogens is 634 g/mol. The number of hydrogen-bond acceptors (Lipinski definition) is 12. The average molecular weight is 658 g/mol. The Bertz CT molecular complexity index is 1520. The molecule has 5 rings (SSSR count). The topological polar surface area (TPSA) is 140 Å². The number of Topliss-reactive ketones (excluding diaryl/α,β-unsaturated/α-hetero) is 1. The molecule has 15 heteroatoms. The third-order valence-electron chi connectivity index (χ3n) is 6.47. The lowest BCUT2D eigenvalue weighted by Gasteiger charge is -2.49. The monoisotopic (exact) mass is 657 g/mol. The molecule has 0 saturated carbocycles. The number of carbonyl (C=O) groups excluding carboxylic acids is 4. The van der Waals surface area contributed by atoms with Crippen molar-refractivity contribution in [3.05, 3.63) is 89.3 Å². The predicted octanol–water partition coefficient (Wildman–Crippen LogP) is 3.43. The van der Waals surface area contributed by atoms with Crippen molar-refractivity contribution < 1.29 is 28.8 Å². The Hall–Kier alpha value is -3.72. The van der Waals surface area contributed by atoms with Crippen molar-refractivity contribution in [1.29, 1.82) is 0 Å².